The monoisotopic (exact) mass is 196 g/mol. The molecule has 0 aliphatic heterocycles. The van der Waals surface area contributed by atoms with Crippen molar-refractivity contribution in [1.29, 1.82) is 0 Å². The zero-order valence-electron chi connectivity index (χ0n) is 7.65. The first-order valence-corrected chi connectivity index (χ1v) is 5.27. The molecule has 1 unspecified atom stereocenters. The molecule has 1 atom stereocenters. The van der Waals surface area contributed by atoms with Gasteiger partial charge in [0.15, 0.2) is 0 Å². The van der Waals surface area contributed by atoms with E-state index in [2.05, 4.69) is 10.3 Å². The van der Waals surface area contributed by atoms with Crippen LogP contribution in [0.5, 0.6) is 0 Å². The molecule has 1 rings (SSSR count). The molecule has 0 saturated carbocycles. The van der Waals surface area contributed by atoms with Gasteiger partial charge >= 0.3 is 0 Å². The lowest BCUT2D eigenvalue weighted by molar-refractivity contribution is -0.115. The van der Waals surface area contributed by atoms with E-state index in [1.54, 1.807) is 12.3 Å². The molecule has 1 aromatic heterocycles. The summed E-state index contributed by atoms with van der Waals surface area (Å²) in [4.78, 5) is 15.4. The maximum absolute atomic E-state index is 11.4. The lowest BCUT2D eigenvalue weighted by atomic mass is 10.4. The van der Waals surface area contributed by atoms with Crippen molar-refractivity contribution in [2.24, 2.45) is 0 Å². The minimum Gasteiger partial charge on any atom is -0.310 e. The molecule has 1 amide bonds. The van der Waals surface area contributed by atoms with Crippen LogP contribution in [0, 0.1) is 0 Å². The van der Waals surface area contributed by atoms with Crippen LogP contribution in [-0.4, -0.2) is 22.4 Å². The molecule has 1 N–H and O–H groups in total. The highest BCUT2D eigenvalue weighted by atomic mass is 32.2. The van der Waals surface area contributed by atoms with E-state index in [1.165, 1.54) is 11.8 Å². The summed E-state index contributed by atoms with van der Waals surface area (Å²) in [5.41, 5.74) is 0. The van der Waals surface area contributed by atoms with Crippen molar-refractivity contribution in [1.82, 2.24) is 4.98 Å². The first-order valence-electron chi connectivity index (χ1n) is 3.98. The van der Waals surface area contributed by atoms with E-state index in [4.69, 9.17) is 0 Å². The second kappa shape index (κ2) is 4.87. The summed E-state index contributed by atoms with van der Waals surface area (Å²) in [6.07, 6.45) is 3.56. The molecule has 0 saturated heterocycles. The quantitative estimate of drug-likeness (QED) is 0.801. The minimum absolute atomic E-state index is 0.00815. The first-order chi connectivity index (χ1) is 6.24. The van der Waals surface area contributed by atoms with Crippen LogP contribution in [0.3, 0.4) is 0 Å². The molecule has 70 valence electrons. The van der Waals surface area contributed by atoms with Crippen molar-refractivity contribution in [3.8, 4) is 0 Å². The van der Waals surface area contributed by atoms with Crippen LogP contribution in [0.25, 0.3) is 0 Å². The number of thioether (sulfide) groups is 1. The highest BCUT2D eigenvalue weighted by Gasteiger charge is 2.10. The third-order valence-corrected chi connectivity index (χ3v) is 2.56. The molecule has 13 heavy (non-hydrogen) atoms. The Morgan fingerprint density at radius 1 is 1.62 bits per heavy atom. The average Bonchev–Trinajstić information content (AvgIpc) is 2.18. The molecule has 4 heteroatoms. The summed E-state index contributed by atoms with van der Waals surface area (Å²) in [5, 5.41) is 2.68. The summed E-state index contributed by atoms with van der Waals surface area (Å²) in [5.74, 6) is 0.597. The van der Waals surface area contributed by atoms with Gasteiger partial charge in [0.1, 0.15) is 5.82 Å². The molecule has 1 heterocycles. The fourth-order valence-electron chi connectivity index (χ4n) is 0.772. The third kappa shape index (κ3) is 3.06. The van der Waals surface area contributed by atoms with Gasteiger partial charge in [0.25, 0.3) is 0 Å². The van der Waals surface area contributed by atoms with E-state index in [0.29, 0.717) is 5.82 Å². The zero-order valence-corrected chi connectivity index (χ0v) is 8.47. The third-order valence-electron chi connectivity index (χ3n) is 1.64. The summed E-state index contributed by atoms with van der Waals surface area (Å²) in [6, 6.07) is 5.42. The van der Waals surface area contributed by atoms with Gasteiger partial charge in [-0.15, -0.1) is 0 Å². The van der Waals surface area contributed by atoms with Crippen molar-refractivity contribution in [3.05, 3.63) is 24.4 Å². The number of hydrogen-bond donors (Lipinski definition) is 1. The van der Waals surface area contributed by atoms with Crippen molar-refractivity contribution in [2.45, 2.75) is 12.2 Å². The SMILES string of the molecule is CSC(C)C(=O)Nc1ccccn1. The molecular weight excluding hydrogens is 184 g/mol. The van der Waals surface area contributed by atoms with Crippen molar-refractivity contribution < 1.29 is 4.79 Å². The second-order valence-electron chi connectivity index (χ2n) is 2.58. The van der Waals surface area contributed by atoms with Gasteiger partial charge in [-0.1, -0.05) is 6.07 Å². The van der Waals surface area contributed by atoms with Gasteiger partial charge in [0.2, 0.25) is 5.91 Å². The Morgan fingerprint density at radius 3 is 2.92 bits per heavy atom. The van der Waals surface area contributed by atoms with Crippen molar-refractivity contribution in [2.75, 3.05) is 11.6 Å². The van der Waals surface area contributed by atoms with Gasteiger partial charge in [0, 0.05) is 6.20 Å². The molecule has 0 bridgehead atoms. The highest BCUT2D eigenvalue weighted by Crippen LogP contribution is 2.08. The maximum Gasteiger partial charge on any atom is 0.238 e. The van der Waals surface area contributed by atoms with Crippen LogP contribution >= 0.6 is 11.8 Å². The Morgan fingerprint density at radius 2 is 2.38 bits per heavy atom. The summed E-state index contributed by atoms with van der Waals surface area (Å²) < 4.78 is 0. The van der Waals surface area contributed by atoms with E-state index in [-0.39, 0.29) is 11.2 Å². The van der Waals surface area contributed by atoms with Crippen LogP contribution in [0.4, 0.5) is 5.82 Å². The van der Waals surface area contributed by atoms with Gasteiger partial charge < -0.3 is 5.32 Å². The molecule has 0 spiro atoms. The Balaban J connectivity index is 2.55. The number of hydrogen-bond acceptors (Lipinski definition) is 3. The number of aromatic nitrogens is 1. The molecule has 1 aromatic rings. The number of anilines is 1. The molecule has 0 aliphatic carbocycles. The lowest BCUT2D eigenvalue weighted by Gasteiger charge is -2.07. The summed E-state index contributed by atoms with van der Waals surface area (Å²) in [7, 11) is 0. The van der Waals surface area contributed by atoms with Crippen LogP contribution in [-0.2, 0) is 4.79 Å². The molecule has 0 aliphatic rings. The highest BCUT2D eigenvalue weighted by molar-refractivity contribution is 7.99. The number of rotatable bonds is 3. The fraction of sp³-hybridized carbons (Fsp3) is 0.333. The first kappa shape index (κ1) is 10.1. The maximum atomic E-state index is 11.4. The van der Waals surface area contributed by atoms with Crippen LogP contribution in [0.15, 0.2) is 24.4 Å². The molecule has 0 radical (unpaired) electrons. The predicted octanol–water partition coefficient (Wildman–Crippen LogP) is 1.77. The number of carbonyl (C=O) groups is 1. The summed E-state index contributed by atoms with van der Waals surface area (Å²) >= 11 is 1.51. The van der Waals surface area contributed by atoms with E-state index in [9.17, 15) is 4.79 Å². The zero-order chi connectivity index (χ0) is 9.68. The van der Waals surface area contributed by atoms with Gasteiger partial charge in [-0.3, -0.25) is 4.79 Å². The van der Waals surface area contributed by atoms with E-state index >= 15 is 0 Å². The standard InChI is InChI=1S/C9H12N2OS/c1-7(13-2)9(12)11-8-5-3-4-6-10-8/h3-7H,1-2H3,(H,10,11,12). The molecule has 3 nitrogen and oxygen atoms in total. The Hall–Kier alpha value is -1.03. The number of amides is 1. The average molecular weight is 196 g/mol. The van der Waals surface area contributed by atoms with Crippen LogP contribution in [0.1, 0.15) is 6.92 Å². The van der Waals surface area contributed by atoms with Gasteiger partial charge in [-0.25, -0.2) is 4.98 Å². The Kier molecular flexibility index (Phi) is 3.76. The second-order valence-corrected chi connectivity index (χ2v) is 3.76. The van der Waals surface area contributed by atoms with E-state index < -0.39 is 0 Å². The Labute approximate surface area is 81.9 Å². The molecular formula is C9H12N2OS. The summed E-state index contributed by atoms with van der Waals surface area (Å²) in [6.45, 7) is 1.86. The van der Waals surface area contributed by atoms with Crippen molar-refractivity contribution >= 4 is 23.5 Å². The molecule has 0 fully saturated rings. The lowest BCUT2D eigenvalue weighted by Crippen LogP contribution is -2.22. The van der Waals surface area contributed by atoms with E-state index in [1.807, 2.05) is 25.3 Å². The number of pyridine rings is 1. The van der Waals surface area contributed by atoms with Gasteiger partial charge in [-0.05, 0) is 25.3 Å². The normalized spacial score (nSPS) is 12.2. The van der Waals surface area contributed by atoms with Crippen LogP contribution < -0.4 is 5.32 Å². The number of nitrogens with one attached hydrogen (secondary N) is 1. The van der Waals surface area contributed by atoms with Crippen LogP contribution in [0.2, 0.25) is 0 Å². The largest absolute Gasteiger partial charge is 0.310 e. The van der Waals surface area contributed by atoms with Crippen molar-refractivity contribution in [3.63, 3.8) is 0 Å². The molecule has 0 aromatic carbocycles. The number of nitrogens with zero attached hydrogens (tertiary/aromatic N) is 1. The predicted molar refractivity (Wildman–Crippen MR) is 55.8 cm³/mol. The van der Waals surface area contributed by atoms with E-state index in [0.717, 1.165) is 0 Å². The fourth-order valence-corrected chi connectivity index (χ4v) is 1.04. The topological polar surface area (TPSA) is 42.0 Å². The number of carbonyl (C=O) groups excluding carboxylic acids is 1. The van der Waals surface area contributed by atoms with Gasteiger partial charge in [-0.2, -0.15) is 11.8 Å². The minimum atomic E-state index is -0.0398. The smallest absolute Gasteiger partial charge is 0.238 e. The van der Waals surface area contributed by atoms with Gasteiger partial charge in [0.05, 0.1) is 5.25 Å². The Bertz CT molecular complexity index is 276.